The Bertz CT molecular complexity index is 717. The molecule has 0 fully saturated rings. The molecule has 0 aliphatic heterocycles. The first-order valence-electron chi connectivity index (χ1n) is 7.25. The lowest BCUT2D eigenvalue weighted by molar-refractivity contribution is -0.274. The van der Waals surface area contributed by atoms with Crippen molar-refractivity contribution >= 4 is 11.6 Å². The van der Waals surface area contributed by atoms with Crippen molar-refractivity contribution in [2.24, 2.45) is 0 Å². The maximum atomic E-state index is 12.1. The number of anilines is 1. The molecule has 1 N–H and O–H groups in total. The molecule has 0 saturated carbocycles. The summed E-state index contributed by atoms with van der Waals surface area (Å²) in [5, 5.41) is 2.55. The third-order valence-electron chi connectivity index (χ3n) is 3.10. The zero-order valence-electron chi connectivity index (χ0n) is 13.5. The van der Waals surface area contributed by atoms with Crippen molar-refractivity contribution in [1.29, 1.82) is 0 Å². The van der Waals surface area contributed by atoms with E-state index in [2.05, 4.69) is 10.1 Å². The lowest BCUT2D eigenvalue weighted by atomic mass is 10.2. The van der Waals surface area contributed by atoms with Crippen molar-refractivity contribution in [2.45, 2.75) is 19.4 Å². The van der Waals surface area contributed by atoms with Crippen LogP contribution in [0.5, 0.6) is 17.2 Å². The van der Waals surface area contributed by atoms with Crippen LogP contribution < -0.4 is 19.5 Å². The van der Waals surface area contributed by atoms with Gasteiger partial charge in [-0.05, 0) is 43.3 Å². The van der Waals surface area contributed by atoms with Gasteiger partial charge in [0.05, 0.1) is 7.11 Å². The number of carbonyl (C=O) groups is 1. The van der Waals surface area contributed by atoms with E-state index in [1.807, 2.05) is 0 Å². The first kappa shape index (κ1) is 18.4. The molecule has 0 saturated heterocycles. The summed E-state index contributed by atoms with van der Waals surface area (Å²) in [6, 6.07) is 11.7. The third kappa shape index (κ3) is 5.59. The van der Waals surface area contributed by atoms with Gasteiger partial charge in [0.25, 0.3) is 5.91 Å². The summed E-state index contributed by atoms with van der Waals surface area (Å²) in [5.74, 6) is 0.0524. The molecule has 2 aromatic carbocycles. The van der Waals surface area contributed by atoms with Gasteiger partial charge in [-0.2, -0.15) is 0 Å². The Morgan fingerprint density at radius 1 is 1.04 bits per heavy atom. The monoisotopic (exact) mass is 355 g/mol. The smallest absolute Gasteiger partial charge is 0.493 e. The molecule has 0 spiro atoms. The maximum absolute atomic E-state index is 12.1. The fourth-order valence-electron chi connectivity index (χ4n) is 1.94. The maximum Gasteiger partial charge on any atom is 0.573 e. The number of ether oxygens (including phenoxy) is 3. The molecule has 0 aromatic heterocycles. The first-order chi connectivity index (χ1) is 11.8. The van der Waals surface area contributed by atoms with Crippen LogP contribution in [0.15, 0.2) is 48.5 Å². The molecule has 2 rings (SSSR count). The van der Waals surface area contributed by atoms with Crippen LogP contribution in [0.25, 0.3) is 0 Å². The molecule has 2 aromatic rings. The van der Waals surface area contributed by atoms with E-state index in [-0.39, 0.29) is 5.75 Å². The summed E-state index contributed by atoms with van der Waals surface area (Å²) in [6.45, 7) is 1.54. The molecule has 0 radical (unpaired) electrons. The summed E-state index contributed by atoms with van der Waals surface area (Å²) in [6.07, 6.45) is -5.61. The van der Waals surface area contributed by atoms with Crippen molar-refractivity contribution in [3.8, 4) is 17.2 Å². The number of benzene rings is 2. The van der Waals surface area contributed by atoms with Crippen LogP contribution in [0.3, 0.4) is 0 Å². The molecule has 0 heterocycles. The topological polar surface area (TPSA) is 56.8 Å². The Kier molecular flexibility index (Phi) is 5.74. The fraction of sp³-hybridized carbons (Fsp3) is 0.235. The average molecular weight is 355 g/mol. The van der Waals surface area contributed by atoms with E-state index in [1.54, 1.807) is 31.2 Å². The van der Waals surface area contributed by atoms with Gasteiger partial charge in [-0.25, -0.2) is 0 Å². The van der Waals surface area contributed by atoms with Gasteiger partial charge in [0.2, 0.25) is 0 Å². The normalized spacial score (nSPS) is 12.2. The van der Waals surface area contributed by atoms with Crippen LogP contribution in [0.1, 0.15) is 6.92 Å². The van der Waals surface area contributed by atoms with Gasteiger partial charge in [0, 0.05) is 5.69 Å². The zero-order valence-corrected chi connectivity index (χ0v) is 13.5. The number of rotatable bonds is 6. The first-order valence-corrected chi connectivity index (χ1v) is 7.25. The SMILES string of the molecule is COc1ccccc1OC(C)C(=O)Nc1ccc(OC(F)(F)F)cc1. The van der Waals surface area contributed by atoms with E-state index in [0.29, 0.717) is 17.2 Å². The molecular weight excluding hydrogens is 339 g/mol. The van der Waals surface area contributed by atoms with Crippen LogP contribution in [-0.4, -0.2) is 25.5 Å². The van der Waals surface area contributed by atoms with Crippen molar-refractivity contribution < 1.29 is 32.2 Å². The molecule has 25 heavy (non-hydrogen) atoms. The minimum Gasteiger partial charge on any atom is -0.493 e. The standard InChI is InChI=1S/C17H16F3NO4/c1-11(24-15-6-4-3-5-14(15)23-2)16(22)21-12-7-9-13(10-8-12)25-17(18,19)20/h3-11H,1-2H3,(H,21,22). The molecule has 0 aliphatic rings. The Labute approximate surface area is 142 Å². The summed E-state index contributed by atoms with van der Waals surface area (Å²) in [5.41, 5.74) is 0.315. The summed E-state index contributed by atoms with van der Waals surface area (Å²) >= 11 is 0. The minimum atomic E-state index is -4.76. The molecule has 1 atom stereocenters. The summed E-state index contributed by atoms with van der Waals surface area (Å²) < 4.78 is 50.8. The van der Waals surface area contributed by atoms with E-state index >= 15 is 0 Å². The number of hydrogen-bond donors (Lipinski definition) is 1. The zero-order chi connectivity index (χ0) is 18.4. The number of carbonyl (C=O) groups excluding carboxylic acids is 1. The highest BCUT2D eigenvalue weighted by Crippen LogP contribution is 2.27. The summed E-state index contributed by atoms with van der Waals surface area (Å²) in [7, 11) is 1.48. The van der Waals surface area contributed by atoms with Crippen molar-refractivity contribution in [3.63, 3.8) is 0 Å². The highest BCUT2D eigenvalue weighted by Gasteiger charge is 2.31. The average Bonchev–Trinajstić information content (AvgIpc) is 2.55. The second-order valence-electron chi connectivity index (χ2n) is 4.97. The largest absolute Gasteiger partial charge is 0.573 e. The van der Waals surface area contributed by atoms with Gasteiger partial charge < -0.3 is 19.5 Å². The summed E-state index contributed by atoms with van der Waals surface area (Å²) in [4.78, 5) is 12.1. The number of nitrogens with one attached hydrogen (secondary N) is 1. The molecule has 134 valence electrons. The number of amides is 1. The van der Waals surface area contributed by atoms with Crippen molar-refractivity contribution in [1.82, 2.24) is 0 Å². The van der Waals surface area contributed by atoms with Crippen LogP contribution in [0.4, 0.5) is 18.9 Å². The number of para-hydroxylation sites is 2. The number of methoxy groups -OCH3 is 1. The van der Waals surface area contributed by atoms with Gasteiger partial charge in [-0.15, -0.1) is 13.2 Å². The number of alkyl halides is 3. The van der Waals surface area contributed by atoms with E-state index in [4.69, 9.17) is 9.47 Å². The van der Waals surface area contributed by atoms with E-state index < -0.39 is 18.4 Å². The van der Waals surface area contributed by atoms with Crippen LogP contribution >= 0.6 is 0 Å². The molecule has 5 nitrogen and oxygen atoms in total. The number of halogens is 3. The van der Waals surface area contributed by atoms with E-state index in [1.165, 1.54) is 19.2 Å². The second kappa shape index (κ2) is 7.78. The lowest BCUT2D eigenvalue weighted by Gasteiger charge is -2.16. The highest BCUT2D eigenvalue weighted by molar-refractivity contribution is 5.94. The van der Waals surface area contributed by atoms with Gasteiger partial charge in [0.1, 0.15) is 5.75 Å². The quantitative estimate of drug-likeness (QED) is 0.851. The molecule has 0 bridgehead atoms. The Morgan fingerprint density at radius 2 is 1.64 bits per heavy atom. The van der Waals surface area contributed by atoms with E-state index in [0.717, 1.165) is 12.1 Å². The van der Waals surface area contributed by atoms with Gasteiger partial charge >= 0.3 is 6.36 Å². The van der Waals surface area contributed by atoms with Crippen molar-refractivity contribution in [2.75, 3.05) is 12.4 Å². The minimum absolute atomic E-state index is 0.315. The highest BCUT2D eigenvalue weighted by atomic mass is 19.4. The number of hydrogen-bond acceptors (Lipinski definition) is 4. The molecule has 1 amide bonds. The van der Waals surface area contributed by atoms with Crippen molar-refractivity contribution in [3.05, 3.63) is 48.5 Å². The third-order valence-corrected chi connectivity index (χ3v) is 3.10. The van der Waals surface area contributed by atoms with E-state index in [9.17, 15) is 18.0 Å². The molecular formula is C17H16F3NO4. The Balaban J connectivity index is 1.97. The lowest BCUT2D eigenvalue weighted by Crippen LogP contribution is -2.30. The fourth-order valence-corrected chi connectivity index (χ4v) is 1.94. The van der Waals surface area contributed by atoms with Gasteiger partial charge in [-0.1, -0.05) is 12.1 Å². The Hall–Kier alpha value is -2.90. The predicted octanol–water partition coefficient (Wildman–Crippen LogP) is 4.00. The molecule has 0 aliphatic carbocycles. The van der Waals surface area contributed by atoms with Crippen LogP contribution in [0, 0.1) is 0 Å². The van der Waals surface area contributed by atoms with Gasteiger partial charge in [0.15, 0.2) is 17.6 Å². The molecule has 1 unspecified atom stereocenters. The molecule has 8 heteroatoms. The second-order valence-corrected chi connectivity index (χ2v) is 4.97. The Morgan fingerprint density at radius 3 is 2.20 bits per heavy atom. The van der Waals surface area contributed by atoms with Crippen LogP contribution in [-0.2, 0) is 4.79 Å². The predicted molar refractivity (Wildman–Crippen MR) is 84.8 cm³/mol. The van der Waals surface area contributed by atoms with Gasteiger partial charge in [-0.3, -0.25) is 4.79 Å². The van der Waals surface area contributed by atoms with Crippen LogP contribution in [0.2, 0.25) is 0 Å².